The number of hydrogen-bond donors (Lipinski definition) is 2. The molecule has 2 rings (SSSR count). The van der Waals surface area contributed by atoms with Gasteiger partial charge in [0, 0.05) is 0 Å². The van der Waals surface area contributed by atoms with Gasteiger partial charge in [0.15, 0.2) is 0 Å². The fourth-order valence-electron chi connectivity index (χ4n) is 2.17. The average molecular weight is 333 g/mol. The molecule has 0 aliphatic heterocycles. The van der Waals surface area contributed by atoms with Gasteiger partial charge in [-0.25, -0.2) is 0 Å². The quantitative estimate of drug-likeness (QED) is 0.818. The lowest BCUT2D eigenvalue weighted by Crippen LogP contribution is -2.38. The summed E-state index contributed by atoms with van der Waals surface area (Å²) in [5.41, 5.74) is 2.02. The number of hydrogen-bond acceptors (Lipinski definition) is 4. The third kappa shape index (κ3) is 4.81. The molecule has 1 heterocycles. The second-order valence-electron chi connectivity index (χ2n) is 5.86. The molecule has 0 aliphatic carbocycles. The van der Waals surface area contributed by atoms with Crippen LogP contribution in [-0.4, -0.2) is 24.2 Å². The van der Waals surface area contributed by atoms with Crippen molar-refractivity contribution in [3.8, 4) is 5.75 Å². The highest BCUT2D eigenvalue weighted by atomic mass is 32.1. The molecule has 0 bridgehead atoms. The van der Waals surface area contributed by atoms with Gasteiger partial charge < -0.3 is 15.2 Å². The minimum Gasteiger partial charge on any atom is -0.493 e. The predicted molar refractivity (Wildman–Crippen MR) is 92.9 cm³/mol. The fraction of sp³-hybridized carbons (Fsp3) is 0.389. The number of amides is 1. The molecule has 23 heavy (non-hydrogen) atoms. The van der Waals surface area contributed by atoms with Crippen LogP contribution in [0.3, 0.4) is 0 Å². The first kappa shape index (κ1) is 17.5. The zero-order chi connectivity index (χ0) is 16.9. The molecule has 124 valence electrons. The van der Waals surface area contributed by atoms with Gasteiger partial charge in [-0.15, -0.1) is 0 Å². The van der Waals surface area contributed by atoms with Gasteiger partial charge in [-0.3, -0.25) is 4.79 Å². The first-order valence-corrected chi connectivity index (χ1v) is 8.55. The number of carbonyl (C=O) groups excluding carboxylic acids is 1. The minimum absolute atomic E-state index is 0.134. The Morgan fingerprint density at radius 3 is 2.83 bits per heavy atom. The van der Waals surface area contributed by atoms with E-state index in [-0.39, 0.29) is 18.9 Å². The van der Waals surface area contributed by atoms with Gasteiger partial charge >= 0.3 is 0 Å². The van der Waals surface area contributed by atoms with Crippen molar-refractivity contribution in [2.45, 2.75) is 32.8 Å². The van der Waals surface area contributed by atoms with Crippen molar-refractivity contribution in [1.82, 2.24) is 5.32 Å². The van der Waals surface area contributed by atoms with E-state index in [1.54, 1.807) is 6.92 Å². The maximum atomic E-state index is 11.9. The maximum absolute atomic E-state index is 11.9. The van der Waals surface area contributed by atoms with Crippen molar-refractivity contribution >= 4 is 17.2 Å². The smallest absolute Gasteiger partial charge is 0.223 e. The van der Waals surface area contributed by atoms with E-state index in [0.29, 0.717) is 6.61 Å². The Labute approximate surface area is 141 Å². The van der Waals surface area contributed by atoms with E-state index in [9.17, 15) is 9.90 Å². The molecule has 2 N–H and O–H groups in total. The summed E-state index contributed by atoms with van der Waals surface area (Å²) < 4.78 is 5.67. The fourth-order valence-corrected chi connectivity index (χ4v) is 2.95. The molecular weight excluding hydrogens is 310 g/mol. The molecule has 1 aromatic carbocycles. The number of benzene rings is 1. The van der Waals surface area contributed by atoms with Gasteiger partial charge in [-0.2, -0.15) is 11.3 Å². The second-order valence-corrected chi connectivity index (χ2v) is 6.64. The molecule has 0 spiro atoms. The zero-order valence-corrected chi connectivity index (χ0v) is 14.6. The van der Waals surface area contributed by atoms with E-state index in [0.717, 1.165) is 16.9 Å². The summed E-state index contributed by atoms with van der Waals surface area (Å²) in [7, 11) is 0. The van der Waals surface area contributed by atoms with Gasteiger partial charge in [0.05, 0.1) is 19.6 Å². The average Bonchev–Trinajstić information content (AvgIpc) is 3.05. The van der Waals surface area contributed by atoms with Crippen molar-refractivity contribution in [3.63, 3.8) is 0 Å². The lowest BCUT2D eigenvalue weighted by Gasteiger charge is -2.22. The molecule has 1 amide bonds. The summed E-state index contributed by atoms with van der Waals surface area (Å²) in [6.45, 7) is 6.23. The monoisotopic (exact) mass is 333 g/mol. The van der Waals surface area contributed by atoms with E-state index in [2.05, 4.69) is 5.32 Å². The van der Waals surface area contributed by atoms with E-state index in [1.165, 1.54) is 16.9 Å². The highest BCUT2D eigenvalue weighted by molar-refractivity contribution is 7.08. The summed E-state index contributed by atoms with van der Waals surface area (Å²) >= 11 is 1.52. The van der Waals surface area contributed by atoms with Crippen LogP contribution in [0.25, 0.3) is 0 Å². The van der Waals surface area contributed by atoms with Gasteiger partial charge in [0.2, 0.25) is 5.91 Å². The summed E-state index contributed by atoms with van der Waals surface area (Å²) in [4.78, 5) is 11.9. The van der Waals surface area contributed by atoms with Crippen LogP contribution in [0.2, 0.25) is 0 Å². The standard InChI is InChI=1S/C18H23NO3S/c1-13-5-4-6-16(14(13)2)22-9-7-17(20)19-12-18(3,21)15-8-10-23-11-15/h4-6,8,10-11,21H,7,9,12H2,1-3H3,(H,19,20). The first-order valence-electron chi connectivity index (χ1n) is 7.61. The Hall–Kier alpha value is -1.85. The van der Waals surface area contributed by atoms with Crippen molar-refractivity contribution in [1.29, 1.82) is 0 Å². The molecule has 0 saturated heterocycles. The third-order valence-electron chi connectivity index (χ3n) is 3.91. The van der Waals surface area contributed by atoms with Gasteiger partial charge in [0.25, 0.3) is 0 Å². The van der Waals surface area contributed by atoms with Gasteiger partial charge in [0.1, 0.15) is 11.4 Å². The van der Waals surface area contributed by atoms with Crippen LogP contribution < -0.4 is 10.1 Å². The SMILES string of the molecule is Cc1cccc(OCCC(=O)NCC(C)(O)c2ccsc2)c1C. The number of aliphatic hydroxyl groups is 1. The van der Waals surface area contributed by atoms with E-state index >= 15 is 0 Å². The van der Waals surface area contributed by atoms with Crippen LogP contribution in [0.1, 0.15) is 30.0 Å². The first-order chi connectivity index (χ1) is 10.9. The third-order valence-corrected chi connectivity index (χ3v) is 4.60. The number of rotatable bonds is 7. The zero-order valence-electron chi connectivity index (χ0n) is 13.8. The Kier molecular flexibility index (Phi) is 5.80. The van der Waals surface area contributed by atoms with Crippen LogP contribution in [0.4, 0.5) is 0 Å². The summed E-state index contributed by atoms with van der Waals surface area (Å²) in [6, 6.07) is 7.74. The molecule has 0 saturated carbocycles. The molecule has 0 fully saturated rings. The number of thiophene rings is 1. The lowest BCUT2D eigenvalue weighted by atomic mass is 9.99. The summed E-state index contributed by atoms with van der Waals surface area (Å²) in [5.74, 6) is 0.675. The predicted octanol–water partition coefficient (Wildman–Crippen LogP) is 3.16. The molecule has 1 atom stereocenters. The number of aryl methyl sites for hydroxylation is 1. The molecule has 4 nitrogen and oxygen atoms in total. The van der Waals surface area contributed by atoms with Crippen molar-refractivity contribution in [2.75, 3.05) is 13.2 Å². The van der Waals surface area contributed by atoms with E-state index in [1.807, 2.05) is 48.9 Å². The van der Waals surface area contributed by atoms with Gasteiger partial charge in [-0.1, -0.05) is 12.1 Å². The molecule has 1 unspecified atom stereocenters. The van der Waals surface area contributed by atoms with E-state index in [4.69, 9.17) is 4.74 Å². The largest absolute Gasteiger partial charge is 0.493 e. The van der Waals surface area contributed by atoms with Crippen LogP contribution in [0, 0.1) is 13.8 Å². The van der Waals surface area contributed by atoms with Crippen LogP contribution in [-0.2, 0) is 10.4 Å². The van der Waals surface area contributed by atoms with Crippen LogP contribution >= 0.6 is 11.3 Å². The van der Waals surface area contributed by atoms with Crippen LogP contribution in [0.5, 0.6) is 5.75 Å². The Bertz CT molecular complexity index is 650. The molecule has 1 aromatic heterocycles. The summed E-state index contributed by atoms with van der Waals surface area (Å²) in [6.07, 6.45) is 0.257. The van der Waals surface area contributed by atoms with Crippen molar-refractivity contribution in [3.05, 3.63) is 51.7 Å². The minimum atomic E-state index is -1.05. The van der Waals surface area contributed by atoms with Crippen molar-refractivity contribution < 1.29 is 14.6 Å². The molecule has 0 radical (unpaired) electrons. The molecule has 2 aromatic rings. The maximum Gasteiger partial charge on any atom is 0.223 e. The normalized spacial score (nSPS) is 13.4. The molecular formula is C18H23NO3S. The molecule has 5 heteroatoms. The number of nitrogens with one attached hydrogen (secondary N) is 1. The van der Waals surface area contributed by atoms with Crippen LogP contribution in [0.15, 0.2) is 35.0 Å². The Morgan fingerprint density at radius 2 is 2.13 bits per heavy atom. The number of ether oxygens (including phenoxy) is 1. The lowest BCUT2D eigenvalue weighted by molar-refractivity contribution is -0.122. The molecule has 0 aliphatic rings. The number of carbonyl (C=O) groups is 1. The second kappa shape index (κ2) is 7.62. The Morgan fingerprint density at radius 1 is 1.35 bits per heavy atom. The highest BCUT2D eigenvalue weighted by Gasteiger charge is 2.24. The summed E-state index contributed by atoms with van der Waals surface area (Å²) in [5, 5.41) is 16.9. The van der Waals surface area contributed by atoms with Crippen molar-refractivity contribution in [2.24, 2.45) is 0 Å². The Balaban J connectivity index is 1.76. The van der Waals surface area contributed by atoms with Gasteiger partial charge in [-0.05, 0) is 60.4 Å². The highest BCUT2D eigenvalue weighted by Crippen LogP contribution is 2.22. The van der Waals surface area contributed by atoms with E-state index < -0.39 is 5.60 Å². The topological polar surface area (TPSA) is 58.6 Å².